The molecule has 5 rings (SSSR count). The van der Waals surface area contributed by atoms with E-state index in [1.807, 2.05) is 52.8 Å². The molecule has 5 nitrogen and oxygen atoms in total. The van der Waals surface area contributed by atoms with Gasteiger partial charge in [0, 0.05) is 25.8 Å². The minimum Gasteiger partial charge on any atom is -0.349 e. The summed E-state index contributed by atoms with van der Waals surface area (Å²) in [6.07, 6.45) is 5.35. The molecule has 31 heavy (non-hydrogen) atoms. The van der Waals surface area contributed by atoms with E-state index < -0.39 is 0 Å². The van der Waals surface area contributed by atoms with Crippen LogP contribution in [0.2, 0.25) is 0 Å². The van der Waals surface area contributed by atoms with Gasteiger partial charge in [0.15, 0.2) is 0 Å². The highest BCUT2D eigenvalue weighted by molar-refractivity contribution is 5.95. The second-order valence-electron chi connectivity index (χ2n) is 10.8. The van der Waals surface area contributed by atoms with Gasteiger partial charge >= 0.3 is 0 Å². The van der Waals surface area contributed by atoms with Crippen LogP contribution in [0.15, 0.2) is 48.7 Å². The van der Waals surface area contributed by atoms with E-state index in [1.54, 1.807) is 0 Å². The molecule has 0 unspecified atom stereocenters. The first-order valence-electron chi connectivity index (χ1n) is 11.2. The van der Waals surface area contributed by atoms with Crippen LogP contribution in [0.5, 0.6) is 0 Å². The summed E-state index contributed by atoms with van der Waals surface area (Å²) >= 11 is 0. The summed E-state index contributed by atoms with van der Waals surface area (Å²) in [4.78, 5) is 16.1. The largest absolute Gasteiger partial charge is 0.349 e. The lowest BCUT2D eigenvalue weighted by Gasteiger charge is -2.39. The maximum atomic E-state index is 13.9. The highest BCUT2D eigenvalue weighted by Crippen LogP contribution is 2.52. The van der Waals surface area contributed by atoms with Gasteiger partial charge in [-0.05, 0) is 67.3 Å². The van der Waals surface area contributed by atoms with Crippen LogP contribution < -0.4 is 0 Å². The van der Waals surface area contributed by atoms with Gasteiger partial charge in [-0.15, -0.1) is 0 Å². The Labute approximate surface area is 184 Å². The summed E-state index contributed by atoms with van der Waals surface area (Å²) in [6.45, 7) is 9.94. The second-order valence-corrected chi connectivity index (χ2v) is 10.8. The summed E-state index contributed by atoms with van der Waals surface area (Å²) in [6, 6.07) is 14.5. The van der Waals surface area contributed by atoms with Crippen LogP contribution in [0.4, 0.5) is 0 Å². The Balaban J connectivity index is 1.58. The fourth-order valence-electron chi connectivity index (χ4n) is 6.11. The maximum absolute atomic E-state index is 13.9. The van der Waals surface area contributed by atoms with E-state index in [0.717, 1.165) is 36.5 Å². The Bertz CT molecular complexity index is 1140. The molecule has 1 aliphatic carbocycles. The first kappa shape index (κ1) is 20.1. The molecular weight excluding hydrogens is 384 g/mol. The van der Waals surface area contributed by atoms with Crippen LogP contribution in [0, 0.1) is 17.8 Å². The molecule has 1 aliphatic heterocycles. The molecule has 3 aromatic rings. The van der Waals surface area contributed by atoms with Gasteiger partial charge < -0.3 is 9.47 Å². The topological polar surface area (TPSA) is 43.1 Å². The van der Waals surface area contributed by atoms with Crippen LogP contribution in [0.3, 0.4) is 0 Å². The third-order valence-electron chi connectivity index (χ3n) is 7.09. The van der Waals surface area contributed by atoms with Crippen molar-refractivity contribution in [1.29, 1.82) is 0 Å². The number of hydrogen-bond donors (Lipinski definition) is 0. The zero-order chi connectivity index (χ0) is 22.0. The number of nitrogens with zero attached hydrogens (tertiary/aromatic N) is 4. The van der Waals surface area contributed by atoms with Crippen LogP contribution in [-0.2, 0) is 7.05 Å². The van der Waals surface area contributed by atoms with Crippen molar-refractivity contribution in [3.63, 3.8) is 0 Å². The fourth-order valence-corrected chi connectivity index (χ4v) is 6.11. The van der Waals surface area contributed by atoms with Crippen LogP contribution in [0.25, 0.3) is 17.1 Å². The molecule has 1 saturated heterocycles. The predicted octanol–water partition coefficient (Wildman–Crippen LogP) is 5.23. The molecule has 3 heterocycles. The smallest absolute Gasteiger partial charge is 0.272 e. The van der Waals surface area contributed by atoms with Crippen molar-refractivity contribution in [2.75, 3.05) is 6.54 Å². The van der Waals surface area contributed by atoms with Gasteiger partial charge in [-0.2, -0.15) is 5.10 Å². The average molecular weight is 417 g/mol. The quantitative estimate of drug-likeness (QED) is 0.587. The number of hydrogen-bond acceptors (Lipinski definition) is 2. The Hall–Kier alpha value is -2.82. The summed E-state index contributed by atoms with van der Waals surface area (Å²) in [5.41, 5.74) is 5.07. The minimum absolute atomic E-state index is 0.0972. The molecule has 0 N–H and O–H groups in total. The van der Waals surface area contributed by atoms with Crippen molar-refractivity contribution in [3.05, 3.63) is 59.9 Å². The molecular formula is C26H32N4O. The van der Waals surface area contributed by atoms with E-state index in [-0.39, 0.29) is 16.7 Å². The summed E-state index contributed by atoms with van der Waals surface area (Å²) in [7, 11) is 2.01. The van der Waals surface area contributed by atoms with Crippen molar-refractivity contribution in [1.82, 2.24) is 19.2 Å². The van der Waals surface area contributed by atoms with Gasteiger partial charge in [-0.3, -0.25) is 4.79 Å². The molecule has 2 aromatic heterocycles. The molecule has 5 heteroatoms. The Kier molecular flexibility index (Phi) is 4.44. The lowest BCUT2D eigenvalue weighted by Crippen LogP contribution is -2.38. The van der Waals surface area contributed by atoms with E-state index >= 15 is 0 Å². The SMILES string of the molecule is Cc1ccc(-n2nc(-c3cccn3C)cc2C(=O)N2C[C@]3(C)C[C@H]2CC(C)(C)C3)cc1. The first-order chi connectivity index (χ1) is 14.6. The average Bonchev–Trinajstić information content (AvgIpc) is 3.36. The maximum Gasteiger partial charge on any atom is 0.272 e. The standard InChI is InChI=1S/C26H32N4O/c1-18-8-10-19(11-9-18)30-23(13-21(27-30)22-7-6-12-28(22)5)24(31)29-17-26(4)15-20(29)14-25(2,3)16-26/h6-13,20H,14-17H2,1-5H3/t20-,26-/m1/s1. The number of carbonyl (C=O) groups excluding carboxylic acids is 1. The van der Waals surface area contributed by atoms with Gasteiger partial charge in [0.2, 0.25) is 0 Å². The van der Waals surface area contributed by atoms with E-state index in [9.17, 15) is 4.79 Å². The van der Waals surface area contributed by atoms with Crippen LogP contribution >= 0.6 is 0 Å². The fraction of sp³-hybridized carbons (Fsp3) is 0.462. The first-order valence-corrected chi connectivity index (χ1v) is 11.2. The predicted molar refractivity (Wildman–Crippen MR) is 123 cm³/mol. The van der Waals surface area contributed by atoms with Crippen LogP contribution in [0.1, 0.15) is 56.1 Å². The van der Waals surface area contributed by atoms with Crippen molar-refractivity contribution >= 4 is 5.91 Å². The van der Waals surface area contributed by atoms with E-state index in [0.29, 0.717) is 11.7 Å². The van der Waals surface area contributed by atoms with Gasteiger partial charge in [-0.1, -0.05) is 38.5 Å². The molecule has 0 spiro atoms. The zero-order valence-corrected chi connectivity index (χ0v) is 19.2. The summed E-state index contributed by atoms with van der Waals surface area (Å²) < 4.78 is 3.88. The number of carbonyl (C=O) groups is 1. The number of fused-ring (bicyclic) bond motifs is 2. The molecule has 2 atom stereocenters. The molecule has 2 bridgehead atoms. The third kappa shape index (κ3) is 3.50. The number of aryl methyl sites for hydroxylation is 2. The van der Waals surface area contributed by atoms with Crippen molar-refractivity contribution < 1.29 is 4.79 Å². The van der Waals surface area contributed by atoms with Crippen molar-refractivity contribution in [2.24, 2.45) is 17.9 Å². The molecule has 2 fully saturated rings. The Morgan fingerprint density at radius 1 is 1.10 bits per heavy atom. The van der Waals surface area contributed by atoms with Crippen molar-refractivity contribution in [3.8, 4) is 17.1 Å². The number of benzene rings is 1. The molecule has 1 amide bonds. The van der Waals surface area contributed by atoms with E-state index in [1.165, 1.54) is 12.0 Å². The normalized spacial score (nSPS) is 24.5. The lowest BCUT2D eigenvalue weighted by molar-refractivity contribution is 0.0699. The number of aromatic nitrogens is 3. The number of amides is 1. The van der Waals surface area contributed by atoms with E-state index in [4.69, 9.17) is 5.10 Å². The summed E-state index contributed by atoms with van der Waals surface area (Å²) in [5, 5.41) is 4.89. The molecule has 162 valence electrons. The highest BCUT2D eigenvalue weighted by atomic mass is 16.2. The highest BCUT2D eigenvalue weighted by Gasteiger charge is 2.51. The van der Waals surface area contributed by atoms with E-state index in [2.05, 4.69) is 44.7 Å². The monoisotopic (exact) mass is 416 g/mol. The minimum atomic E-state index is 0.0972. The summed E-state index contributed by atoms with van der Waals surface area (Å²) in [5.74, 6) is 0.0972. The molecule has 1 saturated carbocycles. The van der Waals surface area contributed by atoms with Crippen molar-refractivity contribution in [2.45, 2.75) is 53.0 Å². The Morgan fingerprint density at radius 3 is 2.52 bits per heavy atom. The number of rotatable bonds is 3. The second kappa shape index (κ2) is 6.84. The molecule has 2 aliphatic rings. The van der Waals surface area contributed by atoms with Crippen LogP contribution in [-0.4, -0.2) is 37.7 Å². The zero-order valence-electron chi connectivity index (χ0n) is 19.2. The lowest BCUT2D eigenvalue weighted by atomic mass is 9.65. The molecule has 1 aromatic carbocycles. The van der Waals surface area contributed by atoms with Gasteiger partial charge in [0.05, 0.1) is 11.4 Å². The number of likely N-dealkylation sites (tertiary alicyclic amines) is 1. The van der Waals surface area contributed by atoms with Gasteiger partial charge in [0.1, 0.15) is 11.4 Å². The molecule has 0 radical (unpaired) electrons. The third-order valence-corrected chi connectivity index (χ3v) is 7.09. The van der Waals surface area contributed by atoms with Gasteiger partial charge in [-0.25, -0.2) is 4.68 Å². The van der Waals surface area contributed by atoms with Gasteiger partial charge in [0.25, 0.3) is 5.91 Å². The Morgan fingerprint density at radius 2 is 1.84 bits per heavy atom.